The average molecular weight is 312 g/mol. The lowest BCUT2D eigenvalue weighted by atomic mass is 10.0. The monoisotopic (exact) mass is 312 g/mol. The van der Waals surface area contributed by atoms with Crippen molar-refractivity contribution in [2.75, 3.05) is 7.11 Å². The van der Waals surface area contributed by atoms with Gasteiger partial charge in [-0.25, -0.2) is 9.97 Å². The summed E-state index contributed by atoms with van der Waals surface area (Å²) in [6.45, 7) is 0. The van der Waals surface area contributed by atoms with E-state index in [4.69, 9.17) is 14.7 Å². The van der Waals surface area contributed by atoms with Gasteiger partial charge in [0.1, 0.15) is 11.3 Å². The van der Waals surface area contributed by atoms with E-state index in [1.807, 2.05) is 54.6 Å². The van der Waals surface area contributed by atoms with E-state index in [-0.39, 0.29) is 0 Å². The predicted molar refractivity (Wildman–Crippen MR) is 97.0 cm³/mol. The van der Waals surface area contributed by atoms with Crippen LogP contribution in [0, 0.1) is 0 Å². The third kappa shape index (κ3) is 2.50. The Hall–Kier alpha value is -3.20. The van der Waals surface area contributed by atoms with Crippen molar-refractivity contribution in [1.82, 2.24) is 9.97 Å². The van der Waals surface area contributed by atoms with Crippen molar-refractivity contribution < 1.29 is 4.74 Å². The molecule has 0 aliphatic carbocycles. The van der Waals surface area contributed by atoms with Crippen LogP contribution < -0.4 is 4.74 Å². The molecule has 4 rings (SSSR count). The van der Waals surface area contributed by atoms with E-state index in [0.717, 1.165) is 39.3 Å². The molecular weight excluding hydrogens is 296 g/mol. The molecule has 1 heterocycles. The second-order valence-electron chi connectivity index (χ2n) is 5.48. The number of hydrogen-bond acceptors (Lipinski definition) is 3. The lowest BCUT2D eigenvalue weighted by molar-refractivity contribution is 0.419. The van der Waals surface area contributed by atoms with E-state index < -0.39 is 0 Å². The van der Waals surface area contributed by atoms with Gasteiger partial charge in [0, 0.05) is 11.1 Å². The summed E-state index contributed by atoms with van der Waals surface area (Å²) in [6, 6.07) is 26.1. The number of fused-ring (bicyclic) bond motifs is 1. The first-order valence-corrected chi connectivity index (χ1v) is 7.82. The number of hydrogen-bond donors (Lipinski definition) is 0. The quantitative estimate of drug-likeness (QED) is 0.535. The number of methoxy groups -OCH3 is 1. The van der Waals surface area contributed by atoms with Crippen LogP contribution in [0.2, 0.25) is 0 Å². The summed E-state index contributed by atoms with van der Waals surface area (Å²) >= 11 is 0. The standard InChI is InChI=1S/C21H16N2O/c1-24-18-14-8-13-17-21(18)23-20(16-11-6-3-7-12-16)19(22-17)15-9-4-2-5-10-15/h2-14H,1H3. The van der Waals surface area contributed by atoms with Gasteiger partial charge in [0.25, 0.3) is 0 Å². The zero-order valence-electron chi connectivity index (χ0n) is 13.3. The van der Waals surface area contributed by atoms with Crippen LogP contribution in [0.4, 0.5) is 0 Å². The summed E-state index contributed by atoms with van der Waals surface area (Å²) in [4.78, 5) is 9.79. The summed E-state index contributed by atoms with van der Waals surface area (Å²) in [5.74, 6) is 0.733. The maximum Gasteiger partial charge on any atom is 0.146 e. The minimum absolute atomic E-state index is 0.733. The highest BCUT2D eigenvalue weighted by Crippen LogP contribution is 2.33. The number of benzene rings is 3. The van der Waals surface area contributed by atoms with Crippen LogP contribution in [0.15, 0.2) is 78.9 Å². The molecule has 0 N–H and O–H groups in total. The minimum Gasteiger partial charge on any atom is -0.494 e. The van der Waals surface area contributed by atoms with Crippen molar-refractivity contribution in [3.8, 4) is 28.3 Å². The van der Waals surface area contributed by atoms with Crippen molar-refractivity contribution in [1.29, 1.82) is 0 Å². The number of ether oxygens (including phenoxy) is 1. The minimum atomic E-state index is 0.733. The van der Waals surface area contributed by atoms with Gasteiger partial charge in [-0.3, -0.25) is 0 Å². The van der Waals surface area contributed by atoms with E-state index in [9.17, 15) is 0 Å². The summed E-state index contributed by atoms with van der Waals surface area (Å²) in [7, 11) is 1.66. The van der Waals surface area contributed by atoms with Gasteiger partial charge < -0.3 is 4.74 Å². The molecule has 0 spiro atoms. The van der Waals surface area contributed by atoms with E-state index >= 15 is 0 Å². The van der Waals surface area contributed by atoms with Crippen LogP contribution in [0.1, 0.15) is 0 Å². The fraction of sp³-hybridized carbons (Fsp3) is 0.0476. The molecule has 3 nitrogen and oxygen atoms in total. The SMILES string of the molecule is COc1cccc2nc(-c3ccccc3)c(-c3ccccc3)nc12. The first kappa shape index (κ1) is 14.4. The molecule has 0 aliphatic heterocycles. The Bertz CT molecular complexity index is 983. The fourth-order valence-electron chi connectivity index (χ4n) is 2.81. The first-order chi connectivity index (χ1) is 11.9. The largest absolute Gasteiger partial charge is 0.494 e. The number of rotatable bonds is 3. The van der Waals surface area contributed by atoms with Crippen molar-refractivity contribution in [3.63, 3.8) is 0 Å². The molecule has 0 amide bonds. The topological polar surface area (TPSA) is 35.0 Å². The molecule has 0 saturated heterocycles. The molecule has 0 radical (unpaired) electrons. The van der Waals surface area contributed by atoms with E-state index in [0.29, 0.717) is 0 Å². The summed E-state index contributed by atoms with van der Waals surface area (Å²) in [5.41, 5.74) is 5.43. The van der Waals surface area contributed by atoms with Crippen molar-refractivity contribution >= 4 is 11.0 Å². The van der Waals surface area contributed by atoms with Gasteiger partial charge in [0.15, 0.2) is 0 Å². The fourth-order valence-corrected chi connectivity index (χ4v) is 2.81. The smallest absolute Gasteiger partial charge is 0.146 e. The molecule has 0 unspecified atom stereocenters. The molecule has 0 bridgehead atoms. The number of aromatic nitrogens is 2. The Morgan fingerprint density at radius 1 is 0.625 bits per heavy atom. The molecule has 0 saturated carbocycles. The van der Waals surface area contributed by atoms with Crippen molar-refractivity contribution in [3.05, 3.63) is 78.9 Å². The van der Waals surface area contributed by atoms with E-state index in [2.05, 4.69) is 24.3 Å². The molecule has 0 fully saturated rings. The third-order valence-corrected chi connectivity index (χ3v) is 3.97. The van der Waals surface area contributed by atoms with Crippen LogP contribution >= 0.6 is 0 Å². The Kier molecular flexibility index (Phi) is 3.67. The normalized spacial score (nSPS) is 10.7. The molecule has 1 aromatic heterocycles. The maximum atomic E-state index is 5.46. The van der Waals surface area contributed by atoms with Crippen LogP contribution in [0.25, 0.3) is 33.5 Å². The van der Waals surface area contributed by atoms with Crippen molar-refractivity contribution in [2.24, 2.45) is 0 Å². The van der Waals surface area contributed by atoms with Crippen LogP contribution in [0.3, 0.4) is 0 Å². The van der Waals surface area contributed by atoms with Crippen LogP contribution in [-0.2, 0) is 0 Å². The molecule has 4 aromatic rings. The molecule has 24 heavy (non-hydrogen) atoms. The Labute approximate surface area is 140 Å². The molecule has 0 aliphatic rings. The Morgan fingerprint density at radius 3 is 1.79 bits per heavy atom. The van der Waals surface area contributed by atoms with Crippen molar-refractivity contribution in [2.45, 2.75) is 0 Å². The second-order valence-corrected chi connectivity index (χ2v) is 5.48. The van der Waals surface area contributed by atoms with Gasteiger partial charge in [0.2, 0.25) is 0 Å². The van der Waals surface area contributed by atoms with E-state index in [1.54, 1.807) is 7.11 Å². The second kappa shape index (κ2) is 6.13. The Balaban J connectivity index is 2.06. The van der Waals surface area contributed by atoms with Crippen LogP contribution in [-0.4, -0.2) is 17.1 Å². The maximum absolute atomic E-state index is 5.46. The molecule has 3 heteroatoms. The highest BCUT2D eigenvalue weighted by atomic mass is 16.5. The van der Waals surface area contributed by atoms with Gasteiger partial charge >= 0.3 is 0 Å². The van der Waals surface area contributed by atoms with Gasteiger partial charge in [-0.2, -0.15) is 0 Å². The highest BCUT2D eigenvalue weighted by molar-refractivity contribution is 5.89. The highest BCUT2D eigenvalue weighted by Gasteiger charge is 2.14. The summed E-state index contributed by atoms with van der Waals surface area (Å²) in [6.07, 6.45) is 0. The molecule has 3 aromatic carbocycles. The summed E-state index contributed by atoms with van der Waals surface area (Å²) in [5, 5.41) is 0. The number of nitrogens with zero attached hydrogens (tertiary/aromatic N) is 2. The third-order valence-electron chi connectivity index (χ3n) is 3.97. The summed E-state index contributed by atoms with van der Waals surface area (Å²) < 4.78 is 5.46. The lowest BCUT2D eigenvalue weighted by Crippen LogP contribution is -1.97. The zero-order valence-corrected chi connectivity index (χ0v) is 13.3. The van der Waals surface area contributed by atoms with Crippen LogP contribution in [0.5, 0.6) is 5.75 Å². The zero-order chi connectivity index (χ0) is 16.4. The van der Waals surface area contributed by atoms with E-state index in [1.165, 1.54) is 0 Å². The molecular formula is C21H16N2O. The van der Waals surface area contributed by atoms with Gasteiger partial charge in [-0.15, -0.1) is 0 Å². The lowest BCUT2D eigenvalue weighted by Gasteiger charge is -2.12. The predicted octanol–water partition coefficient (Wildman–Crippen LogP) is 4.97. The molecule has 116 valence electrons. The number of para-hydroxylation sites is 1. The molecule has 0 atom stereocenters. The van der Waals surface area contributed by atoms with Gasteiger partial charge in [0.05, 0.1) is 24.0 Å². The Morgan fingerprint density at radius 2 is 1.21 bits per heavy atom. The van der Waals surface area contributed by atoms with Gasteiger partial charge in [-0.1, -0.05) is 66.7 Å². The first-order valence-electron chi connectivity index (χ1n) is 7.82. The average Bonchev–Trinajstić information content (AvgIpc) is 2.68. The van der Waals surface area contributed by atoms with Gasteiger partial charge in [-0.05, 0) is 12.1 Å².